The van der Waals surface area contributed by atoms with Crippen LogP contribution in [0.4, 0.5) is 5.82 Å². The second kappa shape index (κ2) is 6.20. The molecule has 2 aromatic rings. The number of anilines is 1. The number of nitrogens with zero attached hydrogens (tertiary/aromatic N) is 1. The zero-order valence-corrected chi connectivity index (χ0v) is 14.1. The van der Waals surface area contributed by atoms with Gasteiger partial charge in [-0.25, -0.2) is 4.57 Å². The quantitative estimate of drug-likeness (QED) is 0.875. The van der Waals surface area contributed by atoms with Gasteiger partial charge in [0.2, 0.25) is 0 Å². The molecule has 1 N–H and O–H groups in total. The van der Waals surface area contributed by atoms with Crippen LogP contribution in [0.3, 0.4) is 0 Å². The maximum atomic E-state index is 11.9. The number of ether oxygens (including phenoxy) is 1. The van der Waals surface area contributed by atoms with E-state index in [0.29, 0.717) is 12.4 Å². The van der Waals surface area contributed by atoms with Gasteiger partial charge < -0.3 is 4.74 Å². The topological polar surface area (TPSA) is 59.3 Å². The van der Waals surface area contributed by atoms with E-state index in [1.54, 1.807) is 0 Å². The second-order valence-corrected chi connectivity index (χ2v) is 7.59. The third-order valence-corrected chi connectivity index (χ3v) is 5.23. The molecule has 0 aliphatic carbocycles. The fourth-order valence-electron chi connectivity index (χ4n) is 2.53. The Morgan fingerprint density at radius 2 is 2.00 bits per heavy atom. The Bertz CT molecular complexity index is 801. The second-order valence-electron chi connectivity index (χ2n) is 5.75. The largest absolute Gasteiger partial charge is 0.491 e. The average molecular weight is 333 g/mol. The summed E-state index contributed by atoms with van der Waals surface area (Å²) in [5, 5.41) is 0. The van der Waals surface area contributed by atoms with Gasteiger partial charge in [0.15, 0.2) is 0 Å². The van der Waals surface area contributed by atoms with Gasteiger partial charge in [0.25, 0.3) is 5.82 Å². The maximum Gasteiger partial charge on any atom is 0.302 e. The predicted octanol–water partition coefficient (Wildman–Crippen LogP) is 2.57. The van der Waals surface area contributed by atoms with Crippen molar-refractivity contribution in [1.29, 1.82) is 0 Å². The van der Waals surface area contributed by atoms with Crippen LogP contribution in [0, 0.1) is 0 Å². The summed E-state index contributed by atoms with van der Waals surface area (Å²) in [4.78, 5) is 0. The summed E-state index contributed by atoms with van der Waals surface area (Å²) in [6.07, 6.45) is 3.01. The molecule has 0 bridgehead atoms. The maximum absolute atomic E-state index is 11.9. The third-order valence-electron chi connectivity index (χ3n) is 4.00. The van der Waals surface area contributed by atoms with Crippen molar-refractivity contribution in [2.24, 2.45) is 0 Å². The number of hydrogen-bond donors (Lipinski definition) is 1. The number of aromatic nitrogens is 1. The van der Waals surface area contributed by atoms with E-state index in [4.69, 9.17) is 4.74 Å². The standard InChI is InChI=1S/C17H20N2O3S/c1-3-13(2)22-15-8-6-14(7-9-15)16-5-4-10-19-11-12-23(20,21)18-17(16)19/h4-10,13H,3,11-12H2,1-2H3/p+1. The summed E-state index contributed by atoms with van der Waals surface area (Å²) in [5.74, 6) is 1.55. The molecule has 1 aliphatic rings. The smallest absolute Gasteiger partial charge is 0.302 e. The highest BCUT2D eigenvalue weighted by molar-refractivity contribution is 7.92. The molecule has 122 valence electrons. The number of nitrogens with one attached hydrogen (secondary N) is 1. The summed E-state index contributed by atoms with van der Waals surface area (Å²) in [5.41, 5.74) is 1.82. The van der Waals surface area contributed by atoms with Gasteiger partial charge in [-0.15, -0.1) is 0 Å². The Morgan fingerprint density at radius 1 is 1.26 bits per heavy atom. The van der Waals surface area contributed by atoms with Crippen molar-refractivity contribution in [3.05, 3.63) is 42.6 Å². The molecule has 6 heteroatoms. The molecular formula is C17H21N2O3S+. The Morgan fingerprint density at radius 3 is 2.70 bits per heavy atom. The molecule has 1 aromatic carbocycles. The first-order chi connectivity index (χ1) is 11.0. The first-order valence-electron chi connectivity index (χ1n) is 7.78. The molecule has 0 fully saturated rings. The average Bonchev–Trinajstić information content (AvgIpc) is 2.54. The minimum atomic E-state index is -3.25. The van der Waals surface area contributed by atoms with E-state index >= 15 is 0 Å². The lowest BCUT2D eigenvalue weighted by molar-refractivity contribution is -0.679. The van der Waals surface area contributed by atoms with Crippen LogP contribution < -0.4 is 14.0 Å². The number of pyridine rings is 1. The molecule has 0 amide bonds. The van der Waals surface area contributed by atoms with Crippen molar-refractivity contribution in [3.8, 4) is 16.9 Å². The monoisotopic (exact) mass is 333 g/mol. The summed E-state index contributed by atoms with van der Waals surface area (Å²) < 4.78 is 34.1. The lowest BCUT2D eigenvalue weighted by Crippen LogP contribution is -2.47. The van der Waals surface area contributed by atoms with Crippen LogP contribution >= 0.6 is 0 Å². The summed E-state index contributed by atoms with van der Waals surface area (Å²) in [6.45, 7) is 4.58. The van der Waals surface area contributed by atoms with Crippen molar-refractivity contribution >= 4 is 15.8 Å². The molecular weight excluding hydrogens is 312 g/mol. The number of hydrogen-bond acceptors (Lipinski definition) is 3. The molecule has 0 saturated heterocycles. The van der Waals surface area contributed by atoms with Gasteiger partial charge in [0.05, 0.1) is 17.9 Å². The molecule has 0 saturated carbocycles. The van der Waals surface area contributed by atoms with E-state index in [0.717, 1.165) is 23.3 Å². The minimum absolute atomic E-state index is 0.107. The molecule has 2 heterocycles. The van der Waals surface area contributed by atoms with Crippen molar-refractivity contribution in [2.45, 2.75) is 32.9 Å². The first kappa shape index (κ1) is 15.8. The highest BCUT2D eigenvalue weighted by Gasteiger charge is 2.29. The van der Waals surface area contributed by atoms with Gasteiger partial charge in [-0.2, -0.15) is 13.1 Å². The Kier molecular flexibility index (Phi) is 4.26. The summed E-state index contributed by atoms with van der Waals surface area (Å²) >= 11 is 0. The van der Waals surface area contributed by atoms with Crippen LogP contribution in [0.5, 0.6) is 5.75 Å². The predicted molar refractivity (Wildman–Crippen MR) is 89.9 cm³/mol. The van der Waals surface area contributed by atoms with Crippen LogP contribution in [0.2, 0.25) is 0 Å². The third kappa shape index (κ3) is 3.47. The lowest BCUT2D eigenvalue weighted by atomic mass is 10.1. The lowest BCUT2D eigenvalue weighted by Gasteiger charge is -2.16. The van der Waals surface area contributed by atoms with E-state index in [1.807, 2.05) is 54.1 Å². The van der Waals surface area contributed by atoms with E-state index in [1.165, 1.54) is 0 Å². The van der Waals surface area contributed by atoms with Crippen LogP contribution in [0.1, 0.15) is 20.3 Å². The zero-order valence-electron chi connectivity index (χ0n) is 13.3. The van der Waals surface area contributed by atoms with Crippen LogP contribution in [-0.2, 0) is 16.6 Å². The fourth-order valence-corrected chi connectivity index (χ4v) is 3.59. The van der Waals surface area contributed by atoms with Crippen molar-refractivity contribution in [3.63, 3.8) is 0 Å². The normalized spacial score (nSPS) is 17.0. The molecule has 3 rings (SSSR count). The fraction of sp³-hybridized carbons (Fsp3) is 0.353. The number of fused-ring (bicyclic) bond motifs is 1. The molecule has 1 aromatic heterocycles. The summed E-state index contributed by atoms with van der Waals surface area (Å²) in [7, 11) is -3.25. The number of aryl methyl sites for hydroxylation is 1. The van der Waals surface area contributed by atoms with Gasteiger partial charge >= 0.3 is 10.0 Å². The van der Waals surface area contributed by atoms with E-state index in [-0.39, 0.29) is 11.9 Å². The molecule has 0 radical (unpaired) electrons. The molecule has 1 atom stereocenters. The Hall–Kier alpha value is -2.08. The highest BCUT2D eigenvalue weighted by Crippen LogP contribution is 2.29. The van der Waals surface area contributed by atoms with Gasteiger partial charge in [0, 0.05) is 0 Å². The molecule has 5 nitrogen and oxygen atoms in total. The van der Waals surface area contributed by atoms with E-state index < -0.39 is 10.0 Å². The van der Waals surface area contributed by atoms with Gasteiger partial charge in [-0.1, -0.05) is 19.1 Å². The Balaban J connectivity index is 1.94. The van der Waals surface area contributed by atoms with E-state index in [9.17, 15) is 8.42 Å². The van der Waals surface area contributed by atoms with E-state index in [2.05, 4.69) is 11.6 Å². The number of sulfonamides is 1. The Labute approximate surface area is 137 Å². The summed E-state index contributed by atoms with van der Waals surface area (Å²) in [6, 6.07) is 11.6. The van der Waals surface area contributed by atoms with Crippen LogP contribution in [-0.4, -0.2) is 20.3 Å². The zero-order chi connectivity index (χ0) is 16.4. The van der Waals surface area contributed by atoms with Gasteiger partial charge in [-0.3, -0.25) is 0 Å². The van der Waals surface area contributed by atoms with Crippen molar-refractivity contribution in [1.82, 2.24) is 0 Å². The molecule has 1 unspecified atom stereocenters. The highest BCUT2D eigenvalue weighted by atomic mass is 32.2. The minimum Gasteiger partial charge on any atom is -0.491 e. The van der Waals surface area contributed by atoms with Crippen LogP contribution in [0.25, 0.3) is 11.1 Å². The van der Waals surface area contributed by atoms with Crippen LogP contribution in [0.15, 0.2) is 42.6 Å². The number of rotatable bonds is 4. The molecule has 0 spiro atoms. The van der Waals surface area contributed by atoms with Gasteiger partial charge in [-0.05, 0) is 43.2 Å². The van der Waals surface area contributed by atoms with Crippen molar-refractivity contribution in [2.75, 3.05) is 10.5 Å². The first-order valence-corrected chi connectivity index (χ1v) is 9.44. The molecule has 23 heavy (non-hydrogen) atoms. The van der Waals surface area contributed by atoms with Gasteiger partial charge in [0.1, 0.15) is 18.0 Å². The SMILES string of the molecule is CCC(C)Oc1ccc(-c2ccc[n+]3c2NS(=O)(=O)CC3)cc1. The number of benzene rings is 1. The molecule has 1 aliphatic heterocycles. The van der Waals surface area contributed by atoms with Crippen molar-refractivity contribution < 1.29 is 17.7 Å².